The highest BCUT2D eigenvalue weighted by Crippen LogP contribution is 2.36. The lowest BCUT2D eigenvalue weighted by molar-refractivity contribution is -0.929. The van der Waals surface area contributed by atoms with Crippen LogP contribution < -0.4 is 10.4 Å². The molecule has 0 saturated carbocycles. The molecule has 0 aromatic carbocycles. The molecule has 1 aliphatic heterocycles. The van der Waals surface area contributed by atoms with Gasteiger partial charge in [-0.05, 0) is 20.8 Å². The number of amides is 2. The number of alkyl halides is 1. The third kappa shape index (κ3) is 2.62. The fourth-order valence-electron chi connectivity index (χ4n) is 2.91. The van der Waals surface area contributed by atoms with Gasteiger partial charge >= 0.3 is 0 Å². The quantitative estimate of drug-likeness (QED) is 0.601. The minimum Gasteiger partial charge on any atom is -0.498 e. The van der Waals surface area contributed by atoms with Gasteiger partial charge in [0.05, 0.1) is 18.6 Å². The van der Waals surface area contributed by atoms with E-state index in [4.69, 9.17) is 11.6 Å². The average Bonchev–Trinajstić information content (AvgIpc) is 2.69. The number of halogens is 1. The van der Waals surface area contributed by atoms with Crippen LogP contribution in [0.15, 0.2) is 0 Å². The maximum absolute atomic E-state index is 11.6. The van der Waals surface area contributed by atoms with E-state index in [0.717, 1.165) is 12.8 Å². The van der Waals surface area contributed by atoms with Crippen LogP contribution in [0, 0.1) is 0 Å². The minimum absolute atomic E-state index is 0.102. The highest BCUT2D eigenvalue weighted by Gasteiger charge is 2.51. The van der Waals surface area contributed by atoms with Crippen molar-refractivity contribution < 1.29 is 19.2 Å². The van der Waals surface area contributed by atoms with Gasteiger partial charge in [-0.1, -0.05) is 0 Å². The summed E-state index contributed by atoms with van der Waals surface area (Å²) in [6, 6.07) is -0.151. The molecule has 0 radical (unpaired) electrons. The first kappa shape index (κ1) is 15.2. The summed E-state index contributed by atoms with van der Waals surface area (Å²) in [4.78, 5) is 22.8. The van der Waals surface area contributed by atoms with Gasteiger partial charge in [-0.15, -0.1) is 11.6 Å². The first-order valence-corrected chi connectivity index (χ1v) is 6.71. The molecule has 2 amide bonds. The molecule has 1 N–H and O–H groups in total. The standard InChI is InChI=1S/C12H21ClN2O3/c1-12(2,3)15(11(17)18)6-4-5-9(15)8-14-10(16)7-13/h9H,4-8H2,1-3H3,(H-,14,16,17,18)/t9-,15?/m0/s1. The zero-order chi connectivity index (χ0) is 14.0. The molecule has 0 aliphatic carbocycles. The fourth-order valence-corrected chi connectivity index (χ4v) is 3.01. The van der Waals surface area contributed by atoms with Crippen LogP contribution >= 0.6 is 11.6 Å². The van der Waals surface area contributed by atoms with Crippen molar-refractivity contribution in [3.63, 3.8) is 0 Å². The van der Waals surface area contributed by atoms with Gasteiger partial charge < -0.3 is 15.2 Å². The van der Waals surface area contributed by atoms with Gasteiger partial charge in [-0.3, -0.25) is 9.28 Å². The van der Waals surface area contributed by atoms with Crippen LogP contribution in [-0.4, -0.2) is 47.0 Å². The number of nitrogens with one attached hydrogen (secondary N) is 1. The van der Waals surface area contributed by atoms with E-state index in [1.807, 2.05) is 20.8 Å². The number of carboxylic acid groups (broad SMARTS) is 1. The monoisotopic (exact) mass is 276 g/mol. The van der Waals surface area contributed by atoms with Crippen LogP contribution in [0.1, 0.15) is 33.6 Å². The minimum atomic E-state index is -1.06. The third-order valence-electron chi connectivity index (χ3n) is 3.85. The Hall–Kier alpha value is -0.810. The van der Waals surface area contributed by atoms with Crippen molar-refractivity contribution >= 4 is 23.6 Å². The second-order valence-electron chi connectivity index (χ2n) is 5.76. The van der Waals surface area contributed by atoms with Gasteiger partial charge in [0.15, 0.2) is 0 Å². The van der Waals surface area contributed by atoms with Gasteiger partial charge in [0, 0.05) is 12.8 Å². The summed E-state index contributed by atoms with van der Waals surface area (Å²) >= 11 is 5.42. The Morgan fingerprint density at radius 1 is 1.44 bits per heavy atom. The zero-order valence-corrected chi connectivity index (χ0v) is 11.9. The Morgan fingerprint density at radius 2 is 2.06 bits per heavy atom. The zero-order valence-electron chi connectivity index (χ0n) is 11.2. The van der Waals surface area contributed by atoms with Crippen molar-refractivity contribution in [2.75, 3.05) is 19.0 Å². The van der Waals surface area contributed by atoms with Crippen LogP contribution in [0.5, 0.6) is 0 Å². The molecular formula is C12H21ClN2O3. The molecule has 0 aromatic rings. The van der Waals surface area contributed by atoms with E-state index in [-0.39, 0.29) is 22.3 Å². The molecule has 104 valence electrons. The molecule has 0 bridgehead atoms. The van der Waals surface area contributed by atoms with E-state index in [1.165, 1.54) is 0 Å². The summed E-state index contributed by atoms with van der Waals surface area (Å²) in [5.74, 6) is -0.373. The van der Waals surface area contributed by atoms with Crippen LogP contribution in [0.3, 0.4) is 0 Å². The van der Waals surface area contributed by atoms with Gasteiger partial charge in [0.2, 0.25) is 5.91 Å². The van der Waals surface area contributed by atoms with Crippen molar-refractivity contribution in [1.82, 2.24) is 5.32 Å². The summed E-state index contributed by atoms with van der Waals surface area (Å²) < 4.78 is -0.102. The normalized spacial score (nSPS) is 28.1. The van der Waals surface area contributed by atoms with E-state index >= 15 is 0 Å². The number of hydrogen-bond acceptors (Lipinski definition) is 3. The Balaban J connectivity index is 2.89. The first-order valence-electron chi connectivity index (χ1n) is 6.17. The highest BCUT2D eigenvalue weighted by molar-refractivity contribution is 6.27. The summed E-state index contributed by atoms with van der Waals surface area (Å²) in [5.41, 5.74) is -0.453. The summed E-state index contributed by atoms with van der Waals surface area (Å²) in [7, 11) is 0. The van der Waals surface area contributed by atoms with Crippen molar-refractivity contribution in [2.24, 2.45) is 0 Å². The van der Waals surface area contributed by atoms with Crippen LogP contribution in [0.25, 0.3) is 0 Å². The number of likely N-dealkylation sites (tertiary alicyclic amines) is 1. The second-order valence-corrected chi connectivity index (χ2v) is 6.03. The lowest BCUT2D eigenvalue weighted by Crippen LogP contribution is -2.71. The van der Waals surface area contributed by atoms with Crippen LogP contribution in [-0.2, 0) is 4.79 Å². The number of rotatable bonds is 3. The van der Waals surface area contributed by atoms with E-state index in [1.54, 1.807) is 0 Å². The van der Waals surface area contributed by atoms with Gasteiger partial charge in [0.1, 0.15) is 11.9 Å². The summed E-state index contributed by atoms with van der Waals surface area (Å²) in [6.45, 7) is 6.56. The van der Waals surface area contributed by atoms with E-state index in [2.05, 4.69) is 5.32 Å². The molecule has 1 fully saturated rings. The highest BCUT2D eigenvalue weighted by atomic mass is 35.5. The van der Waals surface area contributed by atoms with Crippen molar-refractivity contribution in [2.45, 2.75) is 45.2 Å². The summed E-state index contributed by atoms with van der Waals surface area (Å²) in [6.07, 6.45) is 0.533. The van der Waals surface area contributed by atoms with E-state index in [0.29, 0.717) is 13.1 Å². The topological polar surface area (TPSA) is 69.2 Å². The lowest BCUT2D eigenvalue weighted by atomic mass is 9.99. The van der Waals surface area contributed by atoms with E-state index < -0.39 is 11.6 Å². The van der Waals surface area contributed by atoms with Gasteiger partial charge in [-0.2, -0.15) is 0 Å². The number of carbonyl (C=O) groups is 2. The molecule has 1 heterocycles. The van der Waals surface area contributed by atoms with E-state index in [9.17, 15) is 14.7 Å². The average molecular weight is 277 g/mol. The Bertz CT molecular complexity index is 341. The molecular weight excluding hydrogens is 256 g/mol. The summed E-state index contributed by atoms with van der Waals surface area (Å²) in [5, 5.41) is 14.3. The molecule has 1 saturated heterocycles. The predicted octanol–water partition coefficient (Wildman–Crippen LogP) is 0.462. The molecule has 1 aliphatic rings. The number of hydrogen-bond donors (Lipinski definition) is 1. The van der Waals surface area contributed by atoms with Gasteiger partial charge in [-0.25, -0.2) is 0 Å². The number of nitrogens with zero attached hydrogens (tertiary/aromatic N) is 1. The SMILES string of the molecule is CC(C)(C)[N+]1(C(=O)[O-])CCC[C@H]1CNC(=O)CCl. The fraction of sp³-hybridized carbons (Fsp3) is 0.833. The Kier molecular flexibility index (Phi) is 4.61. The molecule has 1 rings (SSSR count). The Morgan fingerprint density at radius 3 is 2.50 bits per heavy atom. The molecule has 0 aromatic heterocycles. The van der Waals surface area contributed by atoms with Crippen molar-refractivity contribution in [1.29, 1.82) is 0 Å². The van der Waals surface area contributed by atoms with Crippen molar-refractivity contribution in [3.8, 4) is 0 Å². The maximum Gasteiger partial charge on any atom is 0.258 e. The Labute approximate surface area is 113 Å². The van der Waals surface area contributed by atoms with Gasteiger partial charge in [0.25, 0.3) is 6.09 Å². The molecule has 5 nitrogen and oxygen atoms in total. The van der Waals surface area contributed by atoms with Crippen LogP contribution in [0.2, 0.25) is 0 Å². The largest absolute Gasteiger partial charge is 0.498 e. The third-order valence-corrected chi connectivity index (χ3v) is 4.09. The lowest BCUT2D eigenvalue weighted by Gasteiger charge is -2.49. The molecule has 2 atom stereocenters. The number of carbonyl (C=O) groups excluding carboxylic acids is 2. The van der Waals surface area contributed by atoms with Crippen LogP contribution in [0.4, 0.5) is 4.79 Å². The molecule has 1 unspecified atom stereocenters. The molecule has 18 heavy (non-hydrogen) atoms. The maximum atomic E-state index is 11.6. The second kappa shape index (κ2) is 5.45. The van der Waals surface area contributed by atoms with Crippen molar-refractivity contribution in [3.05, 3.63) is 0 Å². The molecule has 6 heteroatoms. The molecule has 0 spiro atoms. The predicted molar refractivity (Wildman–Crippen MR) is 67.0 cm³/mol. The smallest absolute Gasteiger partial charge is 0.258 e. The number of quaternary nitrogens is 1. The first-order chi connectivity index (χ1) is 8.25.